The first kappa shape index (κ1) is 55.5. The molecule has 0 aliphatic rings. The normalized spacial score (nSPS) is 16.1. The molecular weight excluding hydrogens is 767 g/mol. The summed E-state index contributed by atoms with van der Waals surface area (Å²) in [6, 6.07) is 0. The van der Waals surface area contributed by atoms with E-state index in [1.54, 1.807) is 42.5 Å². The molecule has 0 amide bonds. The highest BCUT2D eigenvalue weighted by molar-refractivity contribution is 7.47. The monoisotopic (exact) mass is 845 g/mol. The summed E-state index contributed by atoms with van der Waals surface area (Å²) in [5.74, 6) is -1.27. The number of aliphatic hydroxyl groups is 5. The summed E-state index contributed by atoms with van der Waals surface area (Å²) in [4.78, 5) is 35.0. The van der Waals surface area contributed by atoms with Crippen molar-refractivity contribution in [1.82, 2.24) is 0 Å². The van der Waals surface area contributed by atoms with E-state index in [0.29, 0.717) is 6.42 Å². The molecule has 0 aromatic heterocycles. The molecule has 0 bridgehead atoms. The van der Waals surface area contributed by atoms with Crippen molar-refractivity contribution in [2.75, 3.05) is 26.4 Å². The lowest BCUT2D eigenvalue weighted by atomic mass is 10.1. The van der Waals surface area contributed by atoms with Gasteiger partial charge in [0.15, 0.2) is 6.10 Å². The maximum absolute atomic E-state index is 12.6. The van der Waals surface area contributed by atoms with Crippen LogP contribution in [0, 0.1) is 0 Å². The number of esters is 2. The fraction of sp³-hybridized carbons (Fsp3) is 0.727. The summed E-state index contributed by atoms with van der Waals surface area (Å²) >= 11 is 0. The molecule has 6 atom stereocenters. The first-order chi connectivity index (χ1) is 27.9. The van der Waals surface area contributed by atoms with Crippen LogP contribution >= 0.6 is 7.82 Å². The van der Waals surface area contributed by atoms with Gasteiger partial charge in [-0.2, -0.15) is 0 Å². The minimum Gasteiger partial charge on any atom is -0.462 e. The Kier molecular flexibility index (Phi) is 37.1. The average Bonchev–Trinajstić information content (AvgIpc) is 3.20. The smallest absolute Gasteiger partial charge is 0.462 e. The lowest BCUT2D eigenvalue weighted by Gasteiger charge is -2.20. The number of hydrogen-bond donors (Lipinski definition) is 6. The predicted molar refractivity (Wildman–Crippen MR) is 228 cm³/mol. The molecule has 336 valence electrons. The minimum atomic E-state index is -4.70. The predicted octanol–water partition coefficient (Wildman–Crippen LogP) is 8.02. The number of allylic oxidation sites excluding steroid dienone is 8. The molecule has 0 aliphatic heterocycles. The van der Waals surface area contributed by atoms with Crippen molar-refractivity contribution in [2.45, 2.75) is 179 Å². The fourth-order valence-corrected chi connectivity index (χ4v) is 6.28. The lowest BCUT2D eigenvalue weighted by molar-refractivity contribution is -0.161. The van der Waals surface area contributed by atoms with Crippen molar-refractivity contribution < 1.29 is 63.1 Å². The van der Waals surface area contributed by atoms with Gasteiger partial charge in [0.2, 0.25) is 0 Å². The molecule has 0 spiro atoms. The number of phosphoric ester groups is 1. The summed E-state index contributed by atoms with van der Waals surface area (Å²) in [5, 5.41) is 48.7. The SMILES string of the molecule is CCCCCCCC/C=C\CCCCCCCC(=O)O[C@H](COC(=O)CCC[C@@H](O)[C@H](O)/C=C/C=C/C=C\C=C\[C@H](O)CCCCC)COP(=O)(O)OC[C@@H](O)CO. The molecule has 14 heteroatoms. The number of phosphoric acid groups is 1. The van der Waals surface area contributed by atoms with Gasteiger partial charge >= 0.3 is 19.8 Å². The number of carbonyl (C=O) groups is 2. The van der Waals surface area contributed by atoms with Gasteiger partial charge in [-0.1, -0.05) is 145 Å². The summed E-state index contributed by atoms with van der Waals surface area (Å²) < 4.78 is 32.4. The number of unbranched alkanes of at least 4 members (excludes halogenated alkanes) is 13. The molecule has 58 heavy (non-hydrogen) atoms. The van der Waals surface area contributed by atoms with E-state index >= 15 is 0 Å². The van der Waals surface area contributed by atoms with Gasteiger partial charge in [0.25, 0.3) is 0 Å². The van der Waals surface area contributed by atoms with Crippen molar-refractivity contribution in [3.63, 3.8) is 0 Å². The molecule has 0 aliphatic carbocycles. The molecule has 0 saturated carbocycles. The van der Waals surface area contributed by atoms with Gasteiger partial charge < -0.3 is 39.9 Å². The number of ether oxygens (including phenoxy) is 2. The lowest BCUT2D eigenvalue weighted by Crippen LogP contribution is -2.30. The second kappa shape index (κ2) is 38.7. The van der Waals surface area contributed by atoms with Crippen LogP contribution in [0.3, 0.4) is 0 Å². The third-order valence-electron chi connectivity index (χ3n) is 9.01. The highest BCUT2D eigenvalue weighted by Crippen LogP contribution is 2.43. The molecular formula is C44H77O13P. The molecule has 0 aromatic rings. The number of rotatable bonds is 39. The van der Waals surface area contributed by atoms with Crippen LogP contribution in [0.1, 0.15) is 149 Å². The summed E-state index contributed by atoms with van der Waals surface area (Å²) in [6.07, 6.45) is 31.2. The second-order valence-corrected chi connectivity index (χ2v) is 16.0. The second-order valence-electron chi connectivity index (χ2n) is 14.6. The first-order valence-corrected chi connectivity index (χ1v) is 23.1. The Hall–Kier alpha value is -2.45. The van der Waals surface area contributed by atoms with Crippen LogP contribution in [-0.2, 0) is 32.7 Å². The van der Waals surface area contributed by atoms with Gasteiger partial charge in [-0.25, -0.2) is 4.57 Å². The third kappa shape index (κ3) is 36.6. The van der Waals surface area contributed by atoms with Gasteiger partial charge in [-0.05, 0) is 51.4 Å². The zero-order chi connectivity index (χ0) is 43.1. The van der Waals surface area contributed by atoms with E-state index in [1.165, 1.54) is 44.6 Å². The minimum absolute atomic E-state index is 0.0950. The van der Waals surface area contributed by atoms with Crippen molar-refractivity contribution in [3.8, 4) is 0 Å². The summed E-state index contributed by atoms with van der Waals surface area (Å²) in [6.45, 7) is 1.85. The van der Waals surface area contributed by atoms with E-state index in [0.717, 1.165) is 64.2 Å². The van der Waals surface area contributed by atoms with Crippen LogP contribution < -0.4 is 0 Å². The molecule has 13 nitrogen and oxygen atoms in total. The van der Waals surface area contributed by atoms with Gasteiger partial charge in [-0.15, -0.1) is 0 Å². The number of aliphatic hydroxyl groups excluding tert-OH is 5. The zero-order valence-corrected chi connectivity index (χ0v) is 36.2. The van der Waals surface area contributed by atoms with Crippen molar-refractivity contribution in [3.05, 3.63) is 60.8 Å². The molecule has 6 N–H and O–H groups in total. The van der Waals surface area contributed by atoms with Gasteiger partial charge in [-0.3, -0.25) is 18.6 Å². The van der Waals surface area contributed by atoms with Crippen LogP contribution in [0.25, 0.3) is 0 Å². The molecule has 0 heterocycles. The molecule has 0 aromatic carbocycles. The first-order valence-electron chi connectivity index (χ1n) is 21.6. The van der Waals surface area contributed by atoms with Gasteiger partial charge in [0, 0.05) is 12.8 Å². The van der Waals surface area contributed by atoms with Crippen LogP contribution in [0.5, 0.6) is 0 Å². The Morgan fingerprint density at radius 3 is 1.78 bits per heavy atom. The largest absolute Gasteiger partial charge is 0.472 e. The maximum Gasteiger partial charge on any atom is 0.472 e. The fourth-order valence-electron chi connectivity index (χ4n) is 5.49. The Morgan fingerprint density at radius 2 is 1.14 bits per heavy atom. The highest BCUT2D eigenvalue weighted by Gasteiger charge is 2.27. The van der Waals surface area contributed by atoms with E-state index in [1.807, 2.05) is 0 Å². The highest BCUT2D eigenvalue weighted by atomic mass is 31.2. The van der Waals surface area contributed by atoms with Crippen LogP contribution in [0.15, 0.2) is 60.8 Å². The third-order valence-corrected chi connectivity index (χ3v) is 9.96. The van der Waals surface area contributed by atoms with Crippen LogP contribution in [-0.4, -0.2) is 99.3 Å². The standard InChI is InChI=1S/C44H77O13P/c1-3-5-7-8-9-10-11-12-13-14-15-16-17-22-26-32-44(51)57-40(37-56-58(52,53)55-35-39(47)34-45)36-54-43(50)33-27-31-42(49)41(48)30-25-21-19-18-20-24-29-38(46)28-23-6-4-2/h12-13,18-21,24-25,29-30,38-42,45-49H,3-11,14-17,22-23,26-28,31-37H2,1-2H3,(H,52,53)/b13-12-,20-18-,21-19+,29-24+,30-25+/t38-,39+,40-,41-,42-/m1/s1. The van der Waals surface area contributed by atoms with E-state index in [-0.39, 0.29) is 25.7 Å². The maximum atomic E-state index is 12.6. The van der Waals surface area contributed by atoms with Crippen LogP contribution in [0.4, 0.5) is 0 Å². The molecule has 0 radical (unpaired) electrons. The number of hydrogen-bond acceptors (Lipinski definition) is 12. The molecule has 0 rings (SSSR count). The Balaban J connectivity index is 4.65. The van der Waals surface area contributed by atoms with Crippen molar-refractivity contribution in [1.29, 1.82) is 0 Å². The Morgan fingerprint density at radius 1 is 0.603 bits per heavy atom. The van der Waals surface area contributed by atoms with Gasteiger partial charge in [0.05, 0.1) is 38.1 Å². The van der Waals surface area contributed by atoms with Crippen LogP contribution in [0.2, 0.25) is 0 Å². The van der Waals surface area contributed by atoms with E-state index in [4.69, 9.17) is 19.1 Å². The topological polar surface area (TPSA) is 210 Å². The summed E-state index contributed by atoms with van der Waals surface area (Å²) in [7, 11) is -4.70. The van der Waals surface area contributed by atoms with Gasteiger partial charge in [0.1, 0.15) is 12.7 Å². The zero-order valence-electron chi connectivity index (χ0n) is 35.3. The Bertz CT molecular complexity index is 1200. The van der Waals surface area contributed by atoms with E-state index in [2.05, 4.69) is 30.5 Å². The quantitative estimate of drug-likeness (QED) is 0.0114. The average molecular weight is 845 g/mol. The molecule has 0 saturated heterocycles. The summed E-state index contributed by atoms with van der Waals surface area (Å²) in [5.41, 5.74) is 0. The van der Waals surface area contributed by atoms with Crippen molar-refractivity contribution >= 4 is 19.8 Å². The molecule has 1 unspecified atom stereocenters. The molecule has 0 fully saturated rings. The van der Waals surface area contributed by atoms with Crippen molar-refractivity contribution in [2.24, 2.45) is 0 Å². The van der Waals surface area contributed by atoms with E-state index < -0.39 is 76.7 Å². The Labute approximate surface area is 348 Å². The number of carbonyl (C=O) groups excluding carboxylic acids is 2. The van der Waals surface area contributed by atoms with E-state index in [9.17, 15) is 39.5 Å².